The van der Waals surface area contributed by atoms with Gasteiger partial charge in [0.15, 0.2) is 28.2 Å². The molecule has 0 aliphatic heterocycles. The number of carbonyl (C=O) groups is 1. The maximum Gasteiger partial charge on any atom is 0.200 e. The highest BCUT2D eigenvalue weighted by Gasteiger charge is 2.16. The van der Waals surface area contributed by atoms with E-state index >= 15 is 0 Å². The molecule has 0 saturated carbocycles. The average Bonchev–Trinajstić information content (AvgIpc) is 3.35. The summed E-state index contributed by atoms with van der Waals surface area (Å²) in [6.07, 6.45) is 1.92. The van der Waals surface area contributed by atoms with Gasteiger partial charge in [-0.3, -0.25) is 9.36 Å². The molecule has 0 N–H and O–H groups in total. The van der Waals surface area contributed by atoms with Crippen LogP contribution in [0.2, 0.25) is 0 Å². The van der Waals surface area contributed by atoms with Crippen molar-refractivity contribution < 1.29 is 18.7 Å². The number of furan rings is 1. The van der Waals surface area contributed by atoms with Crippen LogP contribution in [0.25, 0.3) is 11.6 Å². The van der Waals surface area contributed by atoms with Crippen molar-refractivity contribution in [2.45, 2.75) is 25.0 Å². The van der Waals surface area contributed by atoms with Gasteiger partial charge in [0, 0.05) is 13.0 Å². The van der Waals surface area contributed by atoms with Crippen molar-refractivity contribution in [3.05, 3.63) is 42.2 Å². The Kier molecular flexibility index (Phi) is 6.18. The van der Waals surface area contributed by atoms with Crippen LogP contribution in [0.1, 0.15) is 12.5 Å². The zero-order valence-electron chi connectivity index (χ0n) is 15.5. The van der Waals surface area contributed by atoms with Crippen molar-refractivity contribution in [2.75, 3.05) is 20.0 Å². The van der Waals surface area contributed by atoms with Crippen LogP contribution < -0.4 is 9.47 Å². The number of ether oxygens (including phenoxy) is 2. The number of aromatic nitrogens is 3. The third-order valence-corrected chi connectivity index (χ3v) is 5.01. The number of thioether (sulfide) groups is 1. The van der Waals surface area contributed by atoms with Crippen LogP contribution in [-0.4, -0.2) is 40.5 Å². The van der Waals surface area contributed by atoms with Gasteiger partial charge in [-0.2, -0.15) is 0 Å². The van der Waals surface area contributed by atoms with Gasteiger partial charge in [0.05, 0.1) is 26.2 Å². The molecular formula is C19H21N3O4S. The first-order valence-corrected chi connectivity index (χ1v) is 9.47. The molecule has 0 saturated heterocycles. The monoisotopic (exact) mass is 387 g/mol. The maximum atomic E-state index is 12.4. The van der Waals surface area contributed by atoms with Gasteiger partial charge in [-0.1, -0.05) is 17.8 Å². The molecule has 0 aliphatic rings. The van der Waals surface area contributed by atoms with Crippen molar-refractivity contribution in [1.29, 1.82) is 0 Å². The molecule has 3 rings (SSSR count). The summed E-state index contributed by atoms with van der Waals surface area (Å²) in [5, 5.41) is 9.09. The zero-order valence-corrected chi connectivity index (χ0v) is 16.3. The molecule has 1 aromatic carbocycles. The van der Waals surface area contributed by atoms with Crippen LogP contribution in [0.5, 0.6) is 11.5 Å². The maximum absolute atomic E-state index is 12.4. The Bertz CT molecular complexity index is 906. The number of benzene rings is 1. The fourth-order valence-corrected chi connectivity index (χ4v) is 3.55. The minimum atomic E-state index is 0.0948. The van der Waals surface area contributed by atoms with Crippen molar-refractivity contribution in [3.8, 4) is 23.1 Å². The summed E-state index contributed by atoms with van der Waals surface area (Å²) in [5.74, 6) is 2.99. The third kappa shape index (κ3) is 4.33. The van der Waals surface area contributed by atoms with E-state index in [9.17, 15) is 4.79 Å². The van der Waals surface area contributed by atoms with Gasteiger partial charge in [0.1, 0.15) is 5.78 Å². The number of methoxy groups -OCH3 is 2. The lowest BCUT2D eigenvalue weighted by atomic mass is 10.1. The summed E-state index contributed by atoms with van der Waals surface area (Å²) in [5.41, 5.74) is 0.881. The number of Topliss-reactive ketones (excluding diaryl/α,β-unsaturated/α-hetero) is 1. The first kappa shape index (κ1) is 19.0. The fraction of sp³-hybridized carbons (Fsp3) is 0.316. The number of hydrogen-bond acceptors (Lipinski definition) is 7. The van der Waals surface area contributed by atoms with Crippen LogP contribution in [0.15, 0.2) is 46.2 Å². The summed E-state index contributed by atoms with van der Waals surface area (Å²) in [6, 6.07) is 9.15. The molecule has 2 aromatic heterocycles. The molecule has 0 aliphatic carbocycles. The van der Waals surface area contributed by atoms with E-state index in [0.29, 0.717) is 47.0 Å². The molecule has 0 unspecified atom stereocenters. The largest absolute Gasteiger partial charge is 0.493 e. The first-order valence-electron chi connectivity index (χ1n) is 8.48. The van der Waals surface area contributed by atoms with Crippen LogP contribution in [0, 0.1) is 0 Å². The second-order valence-electron chi connectivity index (χ2n) is 5.72. The summed E-state index contributed by atoms with van der Waals surface area (Å²) >= 11 is 1.38. The Balaban J connectivity index is 1.64. The lowest BCUT2D eigenvalue weighted by Gasteiger charge is -2.09. The Morgan fingerprint density at radius 2 is 2.00 bits per heavy atom. The zero-order chi connectivity index (χ0) is 19.2. The Morgan fingerprint density at radius 1 is 1.19 bits per heavy atom. The van der Waals surface area contributed by atoms with E-state index in [1.807, 2.05) is 35.8 Å². The molecule has 142 valence electrons. The smallest absolute Gasteiger partial charge is 0.200 e. The van der Waals surface area contributed by atoms with Crippen molar-refractivity contribution >= 4 is 17.5 Å². The molecule has 8 heteroatoms. The summed E-state index contributed by atoms with van der Waals surface area (Å²) in [6.45, 7) is 2.69. The number of ketones is 1. The highest BCUT2D eigenvalue weighted by molar-refractivity contribution is 7.99. The summed E-state index contributed by atoms with van der Waals surface area (Å²) < 4.78 is 17.8. The van der Waals surface area contributed by atoms with Crippen LogP contribution in [0.3, 0.4) is 0 Å². The van der Waals surface area contributed by atoms with Gasteiger partial charge in [0.25, 0.3) is 0 Å². The van der Waals surface area contributed by atoms with E-state index in [4.69, 9.17) is 13.9 Å². The molecule has 7 nitrogen and oxygen atoms in total. The van der Waals surface area contributed by atoms with E-state index in [1.165, 1.54) is 11.8 Å². The molecule has 27 heavy (non-hydrogen) atoms. The first-order chi connectivity index (χ1) is 13.2. The van der Waals surface area contributed by atoms with Gasteiger partial charge in [-0.15, -0.1) is 10.2 Å². The van der Waals surface area contributed by atoms with Gasteiger partial charge in [-0.25, -0.2) is 0 Å². The van der Waals surface area contributed by atoms with Crippen molar-refractivity contribution in [1.82, 2.24) is 14.8 Å². The van der Waals surface area contributed by atoms with Crippen LogP contribution >= 0.6 is 11.8 Å². The number of carbonyl (C=O) groups excluding carboxylic acids is 1. The quantitative estimate of drug-likeness (QED) is 0.520. The third-order valence-electron chi connectivity index (χ3n) is 3.99. The number of nitrogens with zero attached hydrogens (tertiary/aromatic N) is 3. The van der Waals surface area contributed by atoms with Gasteiger partial charge >= 0.3 is 0 Å². The Labute approximate surface area is 161 Å². The predicted molar refractivity (Wildman–Crippen MR) is 102 cm³/mol. The van der Waals surface area contributed by atoms with Gasteiger partial charge in [-0.05, 0) is 36.8 Å². The molecule has 0 amide bonds. The molecule has 0 spiro atoms. The summed E-state index contributed by atoms with van der Waals surface area (Å²) in [4.78, 5) is 12.4. The fourth-order valence-electron chi connectivity index (χ4n) is 2.68. The molecule has 0 bridgehead atoms. The minimum absolute atomic E-state index is 0.0948. The molecule has 0 atom stereocenters. The number of hydrogen-bond donors (Lipinski definition) is 0. The molecule has 2 heterocycles. The minimum Gasteiger partial charge on any atom is -0.493 e. The Hall–Kier alpha value is -2.74. The standard InChI is InChI=1S/C19H21N3O4S/c1-4-22-18(16-6-5-9-26-16)20-21-19(22)27-12-14(23)10-13-7-8-15(24-2)17(11-13)25-3/h5-9,11H,4,10,12H2,1-3H3. The SMILES string of the molecule is CCn1c(SCC(=O)Cc2ccc(OC)c(OC)c2)nnc1-c1ccco1. The van der Waals surface area contributed by atoms with Crippen molar-refractivity contribution in [3.63, 3.8) is 0 Å². The average molecular weight is 387 g/mol. The van der Waals surface area contributed by atoms with Gasteiger partial charge < -0.3 is 13.9 Å². The second kappa shape index (κ2) is 8.77. The predicted octanol–water partition coefficient (Wildman–Crippen LogP) is 3.48. The summed E-state index contributed by atoms with van der Waals surface area (Å²) in [7, 11) is 3.16. The number of rotatable bonds is 9. The second-order valence-corrected chi connectivity index (χ2v) is 6.66. The lowest BCUT2D eigenvalue weighted by Crippen LogP contribution is -2.07. The molecule has 0 radical (unpaired) electrons. The topological polar surface area (TPSA) is 79.4 Å². The highest BCUT2D eigenvalue weighted by atomic mass is 32.2. The molecular weight excluding hydrogens is 366 g/mol. The van der Waals surface area contributed by atoms with Crippen LogP contribution in [0.4, 0.5) is 0 Å². The molecule has 0 fully saturated rings. The van der Waals surface area contributed by atoms with E-state index in [0.717, 1.165) is 5.56 Å². The van der Waals surface area contributed by atoms with Crippen molar-refractivity contribution in [2.24, 2.45) is 0 Å². The van der Waals surface area contributed by atoms with E-state index in [1.54, 1.807) is 26.5 Å². The van der Waals surface area contributed by atoms with Crippen LogP contribution in [-0.2, 0) is 17.8 Å². The lowest BCUT2D eigenvalue weighted by molar-refractivity contribution is -0.116. The molecule has 3 aromatic rings. The van der Waals surface area contributed by atoms with E-state index < -0.39 is 0 Å². The van der Waals surface area contributed by atoms with Gasteiger partial charge in [0.2, 0.25) is 0 Å². The van der Waals surface area contributed by atoms with E-state index in [2.05, 4.69) is 10.2 Å². The Morgan fingerprint density at radius 3 is 2.67 bits per heavy atom. The van der Waals surface area contributed by atoms with E-state index in [-0.39, 0.29) is 5.78 Å². The normalized spacial score (nSPS) is 10.8. The highest BCUT2D eigenvalue weighted by Crippen LogP contribution is 2.28.